The van der Waals surface area contributed by atoms with Crippen LogP contribution in [0.2, 0.25) is 0 Å². The summed E-state index contributed by atoms with van der Waals surface area (Å²) in [5.41, 5.74) is 2.97. The van der Waals surface area contributed by atoms with Crippen molar-refractivity contribution < 1.29 is 5.11 Å². The predicted molar refractivity (Wildman–Crippen MR) is 91.9 cm³/mol. The highest BCUT2D eigenvalue weighted by molar-refractivity contribution is 5.79. The first kappa shape index (κ1) is 14.5. The fourth-order valence-corrected chi connectivity index (χ4v) is 2.73. The summed E-state index contributed by atoms with van der Waals surface area (Å²) in [6.07, 6.45) is 0.939. The number of aromatic nitrogens is 4. The van der Waals surface area contributed by atoms with Crippen molar-refractivity contribution in [3.63, 3.8) is 0 Å². The van der Waals surface area contributed by atoms with E-state index in [2.05, 4.69) is 15.1 Å². The summed E-state index contributed by atoms with van der Waals surface area (Å²) in [5.74, 6) is 0.667. The van der Waals surface area contributed by atoms with Gasteiger partial charge in [-0.1, -0.05) is 30.3 Å². The van der Waals surface area contributed by atoms with Gasteiger partial charge in [0, 0.05) is 11.1 Å². The molecule has 0 aliphatic heterocycles. The smallest absolute Gasteiger partial charge is 0.154 e. The topological polar surface area (TPSA) is 63.8 Å². The van der Waals surface area contributed by atoms with Crippen molar-refractivity contribution in [3.05, 3.63) is 83.9 Å². The molecular formula is C19H16N4O. The molecule has 0 fully saturated rings. The zero-order valence-corrected chi connectivity index (χ0v) is 13.2. The van der Waals surface area contributed by atoms with Gasteiger partial charge in [-0.15, -0.1) is 0 Å². The van der Waals surface area contributed by atoms with E-state index in [1.54, 1.807) is 16.8 Å². The Morgan fingerprint density at radius 3 is 2.46 bits per heavy atom. The van der Waals surface area contributed by atoms with Crippen molar-refractivity contribution in [3.8, 4) is 5.82 Å². The number of benzene rings is 1. The van der Waals surface area contributed by atoms with Crippen LogP contribution in [0.1, 0.15) is 23.2 Å². The van der Waals surface area contributed by atoms with Gasteiger partial charge in [-0.05, 0) is 37.3 Å². The van der Waals surface area contributed by atoms with Crippen molar-refractivity contribution in [2.75, 3.05) is 0 Å². The van der Waals surface area contributed by atoms with Crippen LogP contribution in [0.5, 0.6) is 0 Å². The summed E-state index contributed by atoms with van der Waals surface area (Å²) in [6.45, 7) is 1.90. The number of aryl methyl sites for hydroxylation is 1. The molecule has 4 aromatic rings. The molecule has 1 atom stereocenters. The number of hydrogen-bond donors (Lipinski definition) is 1. The van der Waals surface area contributed by atoms with Gasteiger partial charge < -0.3 is 5.11 Å². The molecule has 0 aliphatic carbocycles. The maximum absolute atomic E-state index is 10.6. The van der Waals surface area contributed by atoms with Gasteiger partial charge in [-0.3, -0.25) is 4.98 Å². The van der Waals surface area contributed by atoms with Gasteiger partial charge in [0.2, 0.25) is 0 Å². The van der Waals surface area contributed by atoms with E-state index in [4.69, 9.17) is 0 Å². The Balaban J connectivity index is 1.76. The third-order valence-corrected chi connectivity index (χ3v) is 3.92. The van der Waals surface area contributed by atoms with E-state index in [1.807, 2.05) is 61.7 Å². The van der Waals surface area contributed by atoms with Crippen molar-refractivity contribution in [2.45, 2.75) is 13.0 Å². The summed E-state index contributed by atoms with van der Waals surface area (Å²) in [5, 5.41) is 16.1. The van der Waals surface area contributed by atoms with Gasteiger partial charge in [-0.25, -0.2) is 9.67 Å². The molecule has 0 bridgehead atoms. The van der Waals surface area contributed by atoms with Crippen molar-refractivity contribution in [1.29, 1.82) is 0 Å². The minimum Gasteiger partial charge on any atom is -0.380 e. The van der Waals surface area contributed by atoms with Gasteiger partial charge in [0.05, 0.1) is 23.1 Å². The first-order chi connectivity index (χ1) is 11.7. The van der Waals surface area contributed by atoms with E-state index in [1.165, 1.54) is 0 Å². The normalized spacial score (nSPS) is 12.4. The minimum atomic E-state index is -0.869. The third-order valence-electron chi connectivity index (χ3n) is 3.92. The van der Waals surface area contributed by atoms with Crippen molar-refractivity contribution in [2.24, 2.45) is 0 Å². The molecule has 4 rings (SSSR count). The van der Waals surface area contributed by atoms with Crippen LogP contribution in [0.4, 0.5) is 0 Å². The Labute approximate surface area is 139 Å². The second-order valence-corrected chi connectivity index (χ2v) is 5.64. The summed E-state index contributed by atoms with van der Waals surface area (Å²) in [6, 6.07) is 19.1. The van der Waals surface area contributed by atoms with Crippen LogP contribution in [0.3, 0.4) is 0 Å². The molecular weight excluding hydrogens is 300 g/mol. The lowest BCUT2D eigenvalue weighted by molar-refractivity contribution is 0.210. The first-order valence-corrected chi connectivity index (χ1v) is 7.74. The van der Waals surface area contributed by atoms with Crippen LogP contribution in [-0.2, 0) is 0 Å². The molecule has 1 unspecified atom stereocenters. The Morgan fingerprint density at radius 2 is 1.62 bits per heavy atom. The Morgan fingerprint density at radius 1 is 0.875 bits per heavy atom. The molecule has 5 heteroatoms. The number of fused-ring (bicyclic) bond motifs is 1. The maximum Gasteiger partial charge on any atom is 0.154 e. The fraction of sp³-hybridized carbons (Fsp3) is 0.105. The Kier molecular flexibility index (Phi) is 3.55. The van der Waals surface area contributed by atoms with E-state index < -0.39 is 6.10 Å². The monoisotopic (exact) mass is 316 g/mol. The number of hydrogen-bond acceptors (Lipinski definition) is 4. The van der Waals surface area contributed by atoms with Crippen LogP contribution >= 0.6 is 0 Å². The number of pyridine rings is 2. The zero-order chi connectivity index (χ0) is 16.5. The minimum absolute atomic E-state index is 0.546. The van der Waals surface area contributed by atoms with Gasteiger partial charge in [0.15, 0.2) is 5.82 Å². The summed E-state index contributed by atoms with van der Waals surface area (Å²) in [4.78, 5) is 8.96. The fourth-order valence-electron chi connectivity index (χ4n) is 2.73. The highest BCUT2D eigenvalue weighted by atomic mass is 16.3. The Bertz CT molecular complexity index is 1010. The molecule has 3 heterocycles. The average Bonchev–Trinajstić information content (AvgIpc) is 3.05. The van der Waals surface area contributed by atoms with Gasteiger partial charge in [0.1, 0.15) is 6.10 Å². The molecule has 0 radical (unpaired) electrons. The van der Waals surface area contributed by atoms with Gasteiger partial charge in [-0.2, -0.15) is 5.10 Å². The van der Waals surface area contributed by atoms with Gasteiger partial charge >= 0.3 is 0 Å². The SMILES string of the molecule is Cc1cccc(C(O)c2cccc(-n3ncc4ccccc43)n2)n1. The van der Waals surface area contributed by atoms with Crippen LogP contribution in [0, 0.1) is 6.92 Å². The maximum atomic E-state index is 10.6. The van der Waals surface area contributed by atoms with E-state index in [9.17, 15) is 5.11 Å². The molecule has 0 saturated heterocycles. The van der Waals surface area contributed by atoms with Crippen LogP contribution in [0.25, 0.3) is 16.7 Å². The van der Waals surface area contributed by atoms with E-state index in [0.717, 1.165) is 16.6 Å². The Hall–Kier alpha value is -3.05. The average molecular weight is 316 g/mol. The molecule has 1 aromatic carbocycles. The zero-order valence-electron chi connectivity index (χ0n) is 13.2. The van der Waals surface area contributed by atoms with Crippen molar-refractivity contribution >= 4 is 10.9 Å². The molecule has 0 saturated carbocycles. The quantitative estimate of drug-likeness (QED) is 0.630. The molecule has 0 spiro atoms. The van der Waals surface area contributed by atoms with Crippen molar-refractivity contribution in [1.82, 2.24) is 19.7 Å². The summed E-state index contributed by atoms with van der Waals surface area (Å²) < 4.78 is 1.77. The lowest BCUT2D eigenvalue weighted by Gasteiger charge is -2.12. The second kappa shape index (κ2) is 5.86. The molecule has 3 aromatic heterocycles. The van der Waals surface area contributed by atoms with Gasteiger partial charge in [0.25, 0.3) is 0 Å². The summed E-state index contributed by atoms with van der Waals surface area (Å²) in [7, 11) is 0. The number of nitrogens with zero attached hydrogens (tertiary/aromatic N) is 4. The molecule has 0 aliphatic rings. The van der Waals surface area contributed by atoms with Crippen LogP contribution in [-0.4, -0.2) is 24.9 Å². The number of rotatable bonds is 3. The number of para-hydroxylation sites is 1. The van der Waals surface area contributed by atoms with E-state index in [0.29, 0.717) is 17.2 Å². The molecule has 118 valence electrons. The van der Waals surface area contributed by atoms with E-state index in [-0.39, 0.29) is 0 Å². The van der Waals surface area contributed by atoms with Crippen LogP contribution < -0.4 is 0 Å². The highest BCUT2D eigenvalue weighted by Crippen LogP contribution is 2.21. The largest absolute Gasteiger partial charge is 0.380 e. The standard InChI is InChI=1S/C19H16N4O/c1-13-6-4-8-15(21-13)19(24)16-9-5-11-18(22-16)23-17-10-3-2-7-14(17)12-20-23/h2-12,19,24H,1H3. The highest BCUT2D eigenvalue weighted by Gasteiger charge is 2.15. The lowest BCUT2D eigenvalue weighted by atomic mass is 10.1. The lowest BCUT2D eigenvalue weighted by Crippen LogP contribution is -2.08. The van der Waals surface area contributed by atoms with Crippen LogP contribution in [0.15, 0.2) is 66.9 Å². The molecule has 5 nitrogen and oxygen atoms in total. The number of aliphatic hydroxyl groups is 1. The molecule has 24 heavy (non-hydrogen) atoms. The summed E-state index contributed by atoms with van der Waals surface area (Å²) >= 11 is 0. The first-order valence-electron chi connectivity index (χ1n) is 7.74. The molecule has 1 N–H and O–H groups in total. The molecule has 0 amide bonds. The predicted octanol–water partition coefficient (Wildman–Crippen LogP) is 3.21. The number of aliphatic hydroxyl groups excluding tert-OH is 1. The van der Waals surface area contributed by atoms with E-state index >= 15 is 0 Å². The third kappa shape index (κ3) is 2.55. The second-order valence-electron chi connectivity index (χ2n) is 5.64.